The van der Waals surface area contributed by atoms with Gasteiger partial charge < -0.3 is 9.14 Å². The van der Waals surface area contributed by atoms with Crippen molar-refractivity contribution in [3.05, 3.63) is 42.0 Å². The lowest BCUT2D eigenvalue weighted by Gasteiger charge is -1.98. The first-order chi connectivity index (χ1) is 7.31. The van der Waals surface area contributed by atoms with Gasteiger partial charge in [-0.05, 0) is 30.3 Å². The molecular formula is C12H9NO2. The number of carbonyl (C=O) groups excluding carboxylic acids is 1. The standard InChI is InChI=1S/C12H9NO2/c1-15-12(14)10-7-9-6-5-8-3-2-4-11(10)13(8)9/h2-7H,1H3. The lowest BCUT2D eigenvalue weighted by molar-refractivity contribution is 0.0603. The van der Waals surface area contributed by atoms with Gasteiger partial charge in [-0.25, -0.2) is 4.79 Å². The number of aromatic nitrogens is 1. The van der Waals surface area contributed by atoms with Gasteiger partial charge in [-0.3, -0.25) is 0 Å². The molecule has 0 atom stereocenters. The molecule has 0 fully saturated rings. The van der Waals surface area contributed by atoms with Crippen LogP contribution in [-0.4, -0.2) is 17.5 Å². The van der Waals surface area contributed by atoms with Crippen molar-refractivity contribution in [3.8, 4) is 0 Å². The zero-order valence-electron chi connectivity index (χ0n) is 8.23. The first-order valence-electron chi connectivity index (χ1n) is 4.72. The molecule has 74 valence electrons. The molecule has 0 radical (unpaired) electrons. The van der Waals surface area contributed by atoms with Gasteiger partial charge >= 0.3 is 5.97 Å². The Morgan fingerprint density at radius 1 is 1.20 bits per heavy atom. The highest BCUT2D eigenvalue weighted by Crippen LogP contribution is 2.24. The Morgan fingerprint density at radius 3 is 2.80 bits per heavy atom. The molecule has 3 rings (SSSR count). The lowest BCUT2D eigenvalue weighted by Crippen LogP contribution is -2.00. The summed E-state index contributed by atoms with van der Waals surface area (Å²) in [7, 11) is 1.40. The second-order valence-electron chi connectivity index (χ2n) is 3.48. The van der Waals surface area contributed by atoms with Crippen LogP contribution in [-0.2, 0) is 4.74 Å². The number of rotatable bonds is 1. The van der Waals surface area contributed by atoms with E-state index < -0.39 is 0 Å². The van der Waals surface area contributed by atoms with Gasteiger partial charge in [0.2, 0.25) is 0 Å². The van der Waals surface area contributed by atoms with E-state index in [4.69, 9.17) is 4.74 Å². The van der Waals surface area contributed by atoms with Crippen LogP contribution >= 0.6 is 0 Å². The van der Waals surface area contributed by atoms with Gasteiger partial charge in [-0.2, -0.15) is 0 Å². The molecule has 0 spiro atoms. The molecule has 0 unspecified atom stereocenters. The first kappa shape index (κ1) is 8.29. The molecule has 3 aromatic heterocycles. The monoisotopic (exact) mass is 199 g/mol. The number of nitrogens with zero attached hydrogens (tertiary/aromatic N) is 1. The van der Waals surface area contributed by atoms with E-state index in [1.807, 2.05) is 40.8 Å². The summed E-state index contributed by atoms with van der Waals surface area (Å²) in [6, 6.07) is 11.8. The van der Waals surface area contributed by atoms with Gasteiger partial charge in [0, 0.05) is 11.0 Å². The second-order valence-corrected chi connectivity index (χ2v) is 3.48. The fourth-order valence-corrected chi connectivity index (χ4v) is 2.01. The summed E-state index contributed by atoms with van der Waals surface area (Å²) in [5.74, 6) is -0.286. The second kappa shape index (κ2) is 2.73. The van der Waals surface area contributed by atoms with E-state index in [9.17, 15) is 4.79 Å². The predicted molar refractivity (Wildman–Crippen MR) is 57.4 cm³/mol. The molecular weight excluding hydrogens is 190 g/mol. The largest absolute Gasteiger partial charge is 0.465 e. The number of ether oxygens (including phenoxy) is 1. The van der Waals surface area contributed by atoms with Gasteiger partial charge in [0.25, 0.3) is 0 Å². The number of hydrogen-bond donors (Lipinski definition) is 0. The molecule has 0 N–H and O–H groups in total. The minimum absolute atomic E-state index is 0.286. The van der Waals surface area contributed by atoms with Gasteiger partial charge in [0.05, 0.1) is 18.2 Å². The van der Waals surface area contributed by atoms with E-state index in [0.717, 1.165) is 16.6 Å². The summed E-state index contributed by atoms with van der Waals surface area (Å²) in [6.07, 6.45) is 0. The quantitative estimate of drug-likeness (QED) is 0.563. The molecule has 0 saturated heterocycles. The summed E-state index contributed by atoms with van der Waals surface area (Å²) in [5.41, 5.74) is 3.65. The van der Waals surface area contributed by atoms with Crippen molar-refractivity contribution < 1.29 is 9.53 Å². The van der Waals surface area contributed by atoms with Crippen molar-refractivity contribution in [2.45, 2.75) is 0 Å². The van der Waals surface area contributed by atoms with Crippen molar-refractivity contribution in [2.24, 2.45) is 0 Å². The van der Waals surface area contributed by atoms with Crippen molar-refractivity contribution in [2.75, 3.05) is 7.11 Å². The third kappa shape index (κ3) is 0.973. The predicted octanol–water partition coefficient (Wildman–Crippen LogP) is 2.32. The highest BCUT2D eigenvalue weighted by atomic mass is 16.5. The number of esters is 1. The Balaban J connectivity index is 2.45. The van der Waals surface area contributed by atoms with Gasteiger partial charge in [0.15, 0.2) is 0 Å². The summed E-state index contributed by atoms with van der Waals surface area (Å²) in [4.78, 5) is 11.5. The summed E-state index contributed by atoms with van der Waals surface area (Å²) >= 11 is 0. The molecule has 0 bridgehead atoms. The number of hydrogen-bond acceptors (Lipinski definition) is 2. The fourth-order valence-electron chi connectivity index (χ4n) is 2.01. The Morgan fingerprint density at radius 2 is 2.00 bits per heavy atom. The van der Waals surface area contributed by atoms with E-state index in [-0.39, 0.29) is 5.97 Å². The maximum Gasteiger partial charge on any atom is 0.340 e. The molecule has 0 aliphatic carbocycles. The van der Waals surface area contributed by atoms with E-state index in [1.165, 1.54) is 7.11 Å². The normalized spacial score (nSPS) is 11.3. The zero-order valence-corrected chi connectivity index (χ0v) is 8.23. The highest BCUT2D eigenvalue weighted by molar-refractivity contribution is 6.01. The molecule has 0 aliphatic heterocycles. The van der Waals surface area contributed by atoms with Crippen molar-refractivity contribution in [3.63, 3.8) is 0 Å². The molecule has 3 heteroatoms. The van der Waals surface area contributed by atoms with E-state index in [1.54, 1.807) is 0 Å². The number of methoxy groups -OCH3 is 1. The van der Waals surface area contributed by atoms with Crippen LogP contribution in [0.5, 0.6) is 0 Å². The highest BCUT2D eigenvalue weighted by Gasteiger charge is 2.14. The Kier molecular flexibility index (Phi) is 1.51. The smallest absolute Gasteiger partial charge is 0.340 e. The van der Waals surface area contributed by atoms with Crippen LogP contribution in [0.3, 0.4) is 0 Å². The van der Waals surface area contributed by atoms with Gasteiger partial charge in [-0.1, -0.05) is 6.07 Å². The van der Waals surface area contributed by atoms with Crippen molar-refractivity contribution in [1.82, 2.24) is 4.40 Å². The van der Waals surface area contributed by atoms with Crippen LogP contribution in [0.2, 0.25) is 0 Å². The summed E-state index contributed by atoms with van der Waals surface area (Å²) in [6.45, 7) is 0. The van der Waals surface area contributed by atoms with E-state index in [2.05, 4.69) is 0 Å². The molecule has 0 saturated carbocycles. The third-order valence-electron chi connectivity index (χ3n) is 2.68. The molecule has 0 aliphatic rings. The number of carbonyl (C=O) groups is 1. The SMILES string of the molecule is COC(=O)c1cc2ccc3cccc1n32. The minimum atomic E-state index is -0.286. The molecule has 0 aromatic carbocycles. The van der Waals surface area contributed by atoms with Crippen LogP contribution in [0.15, 0.2) is 36.4 Å². The third-order valence-corrected chi connectivity index (χ3v) is 2.68. The van der Waals surface area contributed by atoms with Crippen LogP contribution in [0.25, 0.3) is 16.6 Å². The molecule has 3 aromatic rings. The summed E-state index contributed by atoms with van der Waals surface area (Å²) < 4.78 is 6.79. The maximum atomic E-state index is 11.5. The van der Waals surface area contributed by atoms with E-state index in [0.29, 0.717) is 5.56 Å². The molecule has 0 amide bonds. The van der Waals surface area contributed by atoms with Gasteiger partial charge in [-0.15, -0.1) is 0 Å². The lowest BCUT2D eigenvalue weighted by atomic mass is 10.2. The van der Waals surface area contributed by atoms with Crippen molar-refractivity contribution >= 4 is 22.5 Å². The Labute approximate surface area is 86.2 Å². The Bertz CT molecular complexity index is 634. The van der Waals surface area contributed by atoms with Crippen molar-refractivity contribution in [1.29, 1.82) is 0 Å². The zero-order chi connectivity index (χ0) is 10.4. The van der Waals surface area contributed by atoms with Crippen LogP contribution in [0.1, 0.15) is 10.4 Å². The topological polar surface area (TPSA) is 30.7 Å². The average molecular weight is 199 g/mol. The Hall–Kier alpha value is -2.03. The van der Waals surface area contributed by atoms with Crippen LogP contribution in [0, 0.1) is 0 Å². The average Bonchev–Trinajstić information content (AvgIpc) is 2.84. The fraction of sp³-hybridized carbons (Fsp3) is 0.0833. The maximum absolute atomic E-state index is 11.5. The summed E-state index contributed by atoms with van der Waals surface area (Å²) in [5, 5.41) is 0. The minimum Gasteiger partial charge on any atom is -0.465 e. The van der Waals surface area contributed by atoms with Gasteiger partial charge in [0.1, 0.15) is 0 Å². The van der Waals surface area contributed by atoms with Crippen LogP contribution in [0.4, 0.5) is 0 Å². The molecule has 3 heterocycles. The first-order valence-corrected chi connectivity index (χ1v) is 4.72. The van der Waals surface area contributed by atoms with Crippen LogP contribution < -0.4 is 0 Å². The molecule has 3 nitrogen and oxygen atoms in total. The number of pyridine rings is 1. The van der Waals surface area contributed by atoms with E-state index >= 15 is 0 Å². The molecule has 15 heavy (non-hydrogen) atoms.